The zero-order chi connectivity index (χ0) is 16.8. The summed E-state index contributed by atoms with van der Waals surface area (Å²) in [5.74, 6) is 1.04. The summed E-state index contributed by atoms with van der Waals surface area (Å²) in [5.41, 5.74) is 1.92. The van der Waals surface area contributed by atoms with Crippen molar-refractivity contribution in [3.05, 3.63) is 66.6 Å². The summed E-state index contributed by atoms with van der Waals surface area (Å²) in [6.07, 6.45) is 0.296. The van der Waals surface area contributed by atoms with Gasteiger partial charge in [-0.1, -0.05) is 43.3 Å². The Hall–Kier alpha value is -2.66. The molecule has 0 fully saturated rings. The van der Waals surface area contributed by atoms with Crippen molar-refractivity contribution in [1.82, 2.24) is 10.2 Å². The van der Waals surface area contributed by atoms with Gasteiger partial charge in [-0.25, -0.2) is 0 Å². The van der Waals surface area contributed by atoms with E-state index in [0.717, 1.165) is 11.3 Å². The highest BCUT2D eigenvalue weighted by Crippen LogP contribution is 2.21. The van der Waals surface area contributed by atoms with Gasteiger partial charge in [-0.05, 0) is 30.7 Å². The molecule has 0 aliphatic carbocycles. The highest BCUT2D eigenvalue weighted by atomic mass is 16.4. The molecule has 1 N–H and O–H groups in total. The summed E-state index contributed by atoms with van der Waals surface area (Å²) in [6, 6.07) is 19.6. The molecule has 0 saturated heterocycles. The molecule has 5 nitrogen and oxygen atoms in total. The molecule has 0 saturated carbocycles. The highest BCUT2D eigenvalue weighted by molar-refractivity contribution is 5.52. The third-order valence-electron chi connectivity index (χ3n) is 3.84. The van der Waals surface area contributed by atoms with Crippen LogP contribution in [-0.2, 0) is 6.54 Å². The molecule has 1 atom stereocenters. The Labute approximate surface area is 141 Å². The van der Waals surface area contributed by atoms with Crippen molar-refractivity contribution < 1.29 is 9.52 Å². The molecule has 0 amide bonds. The van der Waals surface area contributed by atoms with Gasteiger partial charge < -0.3 is 14.4 Å². The van der Waals surface area contributed by atoms with Crippen LogP contribution >= 0.6 is 0 Å². The van der Waals surface area contributed by atoms with Gasteiger partial charge in [0, 0.05) is 17.8 Å². The first-order valence-electron chi connectivity index (χ1n) is 8.12. The molecule has 24 heavy (non-hydrogen) atoms. The third-order valence-corrected chi connectivity index (χ3v) is 3.84. The molecule has 0 radical (unpaired) electrons. The zero-order valence-corrected chi connectivity index (χ0v) is 13.7. The third kappa shape index (κ3) is 4.00. The minimum atomic E-state index is -0.401. The van der Waals surface area contributed by atoms with Gasteiger partial charge in [0.05, 0.1) is 12.6 Å². The summed E-state index contributed by atoms with van der Waals surface area (Å²) in [7, 11) is 0. The molecule has 1 heterocycles. The van der Waals surface area contributed by atoms with E-state index in [4.69, 9.17) is 4.42 Å². The predicted molar refractivity (Wildman–Crippen MR) is 93.5 cm³/mol. The first-order valence-corrected chi connectivity index (χ1v) is 8.12. The fourth-order valence-electron chi connectivity index (χ4n) is 2.46. The quantitative estimate of drug-likeness (QED) is 0.721. The van der Waals surface area contributed by atoms with Gasteiger partial charge in [0.2, 0.25) is 11.8 Å². The average Bonchev–Trinajstić information content (AvgIpc) is 3.11. The topological polar surface area (TPSA) is 62.4 Å². The maximum absolute atomic E-state index is 10.0. The Balaban J connectivity index is 1.79. The Bertz CT molecular complexity index is 744. The minimum Gasteiger partial charge on any atom is -0.419 e. The number of aliphatic hydroxyl groups is 1. The van der Waals surface area contributed by atoms with E-state index in [-0.39, 0.29) is 0 Å². The van der Waals surface area contributed by atoms with Crippen LogP contribution in [-0.4, -0.2) is 28.0 Å². The molecule has 0 bridgehead atoms. The van der Waals surface area contributed by atoms with Gasteiger partial charge in [0.25, 0.3) is 0 Å². The smallest absolute Gasteiger partial charge is 0.247 e. The second-order valence-electron chi connectivity index (χ2n) is 5.65. The number of anilines is 1. The van der Waals surface area contributed by atoms with Crippen molar-refractivity contribution >= 4 is 5.69 Å². The van der Waals surface area contributed by atoms with Crippen molar-refractivity contribution in [2.45, 2.75) is 26.0 Å². The lowest BCUT2D eigenvalue weighted by Gasteiger charge is -2.25. The molecule has 1 unspecified atom stereocenters. The second kappa shape index (κ2) is 7.75. The molecule has 1 aromatic heterocycles. The zero-order valence-electron chi connectivity index (χ0n) is 13.7. The lowest BCUT2D eigenvalue weighted by molar-refractivity contribution is 0.174. The van der Waals surface area contributed by atoms with Crippen molar-refractivity contribution in [3.63, 3.8) is 0 Å². The molecule has 0 aliphatic rings. The maximum atomic E-state index is 10.0. The SMILES string of the molecule is CCC(O)CN(Cc1nnc(-c2ccccc2)o1)c1ccccc1. The number of aliphatic hydroxyl groups excluding tert-OH is 1. The van der Waals surface area contributed by atoms with E-state index in [0.29, 0.717) is 31.3 Å². The van der Waals surface area contributed by atoms with E-state index >= 15 is 0 Å². The van der Waals surface area contributed by atoms with Crippen LogP contribution in [0, 0.1) is 0 Å². The summed E-state index contributed by atoms with van der Waals surface area (Å²) < 4.78 is 5.79. The van der Waals surface area contributed by atoms with Crippen LogP contribution in [0.5, 0.6) is 0 Å². The molecular formula is C19H21N3O2. The van der Waals surface area contributed by atoms with Gasteiger partial charge in [0.1, 0.15) is 0 Å². The van der Waals surface area contributed by atoms with E-state index in [1.165, 1.54) is 0 Å². The Kier molecular flexibility index (Phi) is 5.23. The molecule has 2 aromatic carbocycles. The number of para-hydroxylation sites is 1. The van der Waals surface area contributed by atoms with Crippen LogP contribution in [0.3, 0.4) is 0 Å². The summed E-state index contributed by atoms with van der Waals surface area (Å²) >= 11 is 0. The average molecular weight is 323 g/mol. The van der Waals surface area contributed by atoms with E-state index in [1.54, 1.807) is 0 Å². The monoisotopic (exact) mass is 323 g/mol. The molecule has 5 heteroatoms. The summed E-state index contributed by atoms with van der Waals surface area (Å²) in [5, 5.41) is 18.3. The van der Waals surface area contributed by atoms with Crippen molar-refractivity contribution in [1.29, 1.82) is 0 Å². The fraction of sp³-hybridized carbons (Fsp3) is 0.263. The van der Waals surface area contributed by atoms with Crippen LogP contribution in [0.1, 0.15) is 19.2 Å². The lowest BCUT2D eigenvalue weighted by atomic mass is 10.2. The first kappa shape index (κ1) is 16.2. The standard InChI is InChI=1S/C19H21N3O2/c1-2-17(23)13-22(16-11-7-4-8-12-16)14-18-20-21-19(24-18)15-9-5-3-6-10-15/h3-12,17,23H,2,13-14H2,1H3. The number of hydrogen-bond donors (Lipinski definition) is 1. The van der Waals surface area contributed by atoms with Crippen molar-refractivity contribution in [2.75, 3.05) is 11.4 Å². The van der Waals surface area contributed by atoms with E-state index < -0.39 is 6.10 Å². The van der Waals surface area contributed by atoms with Crippen molar-refractivity contribution in [2.24, 2.45) is 0 Å². The first-order chi connectivity index (χ1) is 11.8. The van der Waals surface area contributed by atoms with Crippen LogP contribution < -0.4 is 4.90 Å². The summed E-state index contributed by atoms with van der Waals surface area (Å²) in [6.45, 7) is 2.94. The number of rotatable bonds is 7. The van der Waals surface area contributed by atoms with Crippen LogP contribution in [0.25, 0.3) is 11.5 Å². The van der Waals surface area contributed by atoms with Gasteiger partial charge in [-0.2, -0.15) is 0 Å². The summed E-state index contributed by atoms with van der Waals surface area (Å²) in [4.78, 5) is 2.05. The van der Waals surface area contributed by atoms with Gasteiger partial charge >= 0.3 is 0 Å². The second-order valence-corrected chi connectivity index (χ2v) is 5.65. The Morgan fingerprint density at radius 1 is 1.00 bits per heavy atom. The van der Waals surface area contributed by atoms with Gasteiger partial charge in [0.15, 0.2) is 0 Å². The number of benzene rings is 2. The molecule has 0 spiro atoms. The number of hydrogen-bond acceptors (Lipinski definition) is 5. The molecule has 3 aromatic rings. The van der Waals surface area contributed by atoms with Crippen molar-refractivity contribution in [3.8, 4) is 11.5 Å². The predicted octanol–water partition coefficient (Wildman–Crippen LogP) is 3.51. The fourth-order valence-corrected chi connectivity index (χ4v) is 2.46. The van der Waals surface area contributed by atoms with Gasteiger partial charge in [-0.15, -0.1) is 10.2 Å². The van der Waals surface area contributed by atoms with Gasteiger partial charge in [-0.3, -0.25) is 0 Å². The minimum absolute atomic E-state index is 0.401. The van der Waals surface area contributed by atoms with E-state index in [1.807, 2.05) is 67.6 Å². The normalized spacial score (nSPS) is 12.1. The Morgan fingerprint density at radius 2 is 1.67 bits per heavy atom. The molecule has 0 aliphatic heterocycles. The van der Waals surface area contributed by atoms with E-state index in [9.17, 15) is 5.11 Å². The lowest BCUT2D eigenvalue weighted by Crippen LogP contribution is -2.31. The number of nitrogens with zero attached hydrogens (tertiary/aromatic N) is 3. The number of aromatic nitrogens is 2. The molecular weight excluding hydrogens is 302 g/mol. The maximum Gasteiger partial charge on any atom is 0.247 e. The molecule has 3 rings (SSSR count). The molecule has 124 valence electrons. The van der Waals surface area contributed by atoms with Crippen LogP contribution in [0.4, 0.5) is 5.69 Å². The highest BCUT2D eigenvalue weighted by Gasteiger charge is 2.16. The van der Waals surface area contributed by atoms with Crippen LogP contribution in [0.15, 0.2) is 65.1 Å². The largest absolute Gasteiger partial charge is 0.419 e. The van der Waals surface area contributed by atoms with Crippen LogP contribution in [0.2, 0.25) is 0 Å². The van der Waals surface area contributed by atoms with E-state index in [2.05, 4.69) is 15.1 Å². The Morgan fingerprint density at radius 3 is 2.33 bits per heavy atom.